The molecule has 0 bridgehead atoms. The van der Waals surface area contributed by atoms with Gasteiger partial charge in [-0.2, -0.15) is 0 Å². The molecule has 3 heterocycles. The number of nitrogens with zero attached hydrogens (tertiary/aromatic N) is 3. The molecular weight excluding hydrogens is 570 g/mol. The van der Waals surface area contributed by atoms with E-state index < -0.39 is 16.9 Å². The maximum absolute atomic E-state index is 14.1. The minimum Gasteiger partial charge on any atom is -0.496 e. The molecule has 10 nitrogen and oxygen atoms in total. The smallest absolute Gasteiger partial charge is 0.338 e. The number of furan rings is 1. The fourth-order valence-electron chi connectivity index (χ4n) is 5.22. The average Bonchev–Trinajstić information content (AvgIpc) is 3.61. The molecule has 0 fully saturated rings. The largest absolute Gasteiger partial charge is 0.496 e. The molecule has 2 aromatic heterocycles. The van der Waals surface area contributed by atoms with Crippen LogP contribution in [-0.4, -0.2) is 29.2 Å². The van der Waals surface area contributed by atoms with Crippen molar-refractivity contribution in [2.45, 2.75) is 19.9 Å². The number of carbonyl (C=O) groups excluding carboxylic acids is 1. The highest BCUT2D eigenvalue weighted by molar-refractivity contribution is 7.07. The molecule has 1 aliphatic rings. The van der Waals surface area contributed by atoms with Crippen LogP contribution in [0.5, 0.6) is 5.75 Å². The molecule has 216 valence electrons. The molecule has 1 aliphatic heterocycles. The Morgan fingerprint density at radius 3 is 2.72 bits per heavy atom. The number of rotatable bonds is 7. The molecule has 0 saturated carbocycles. The van der Waals surface area contributed by atoms with E-state index in [-0.39, 0.29) is 29.2 Å². The van der Waals surface area contributed by atoms with E-state index in [9.17, 15) is 19.7 Å². The van der Waals surface area contributed by atoms with Crippen molar-refractivity contribution in [2.24, 2.45) is 4.99 Å². The van der Waals surface area contributed by atoms with Crippen LogP contribution >= 0.6 is 11.3 Å². The number of hydrogen-bond acceptors (Lipinski definition) is 9. The number of hydrogen-bond donors (Lipinski definition) is 0. The summed E-state index contributed by atoms with van der Waals surface area (Å²) in [5.74, 6) is 0.623. The SMILES string of the molecule is CCOC(=O)C1=C(C)N=c2s/c(=C\c3c(OC)ccc4ccccc34)c(=O)n2[C@@H]1c1ccc(-c2cccc([N+](=O)[O-])c2)o1. The summed E-state index contributed by atoms with van der Waals surface area (Å²) in [6.07, 6.45) is 1.78. The van der Waals surface area contributed by atoms with Gasteiger partial charge in [0.2, 0.25) is 0 Å². The van der Waals surface area contributed by atoms with Gasteiger partial charge in [0.1, 0.15) is 23.3 Å². The number of carbonyl (C=O) groups is 1. The van der Waals surface area contributed by atoms with E-state index in [4.69, 9.17) is 13.9 Å². The van der Waals surface area contributed by atoms with Crippen LogP contribution in [-0.2, 0) is 9.53 Å². The molecule has 0 spiro atoms. The van der Waals surface area contributed by atoms with Crippen LogP contribution in [0.3, 0.4) is 0 Å². The summed E-state index contributed by atoms with van der Waals surface area (Å²) in [6.45, 7) is 3.52. The maximum atomic E-state index is 14.1. The normalized spacial score (nSPS) is 14.9. The number of fused-ring (bicyclic) bond motifs is 2. The Bertz CT molecular complexity index is 2140. The van der Waals surface area contributed by atoms with E-state index >= 15 is 0 Å². The highest BCUT2D eigenvalue weighted by Gasteiger charge is 2.35. The molecule has 0 radical (unpaired) electrons. The quantitative estimate of drug-likeness (QED) is 0.145. The first-order chi connectivity index (χ1) is 20.8. The van der Waals surface area contributed by atoms with E-state index in [1.54, 1.807) is 51.3 Å². The van der Waals surface area contributed by atoms with Gasteiger partial charge in [-0.05, 0) is 48.9 Å². The van der Waals surface area contributed by atoms with Crippen LogP contribution in [0.2, 0.25) is 0 Å². The number of ether oxygens (including phenoxy) is 2. The Hall–Kier alpha value is -5.29. The van der Waals surface area contributed by atoms with Crippen molar-refractivity contribution in [1.29, 1.82) is 0 Å². The third-order valence-electron chi connectivity index (χ3n) is 7.18. The number of methoxy groups -OCH3 is 1. The van der Waals surface area contributed by atoms with Gasteiger partial charge < -0.3 is 13.9 Å². The molecule has 43 heavy (non-hydrogen) atoms. The maximum Gasteiger partial charge on any atom is 0.338 e. The minimum absolute atomic E-state index is 0.0877. The first-order valence-corrected chi connectivity index (χ1v) is 14.2. The summed E-state index contributed by atoms with van der Waals surface area (Å²) in [5, 5.41) is 13.2. The Morgan fingerprint density at radius 2 is 1.95 bits per heavy atom. The van der Waals surface area contributed by atoms with Gasteiger partial charge in [-0.1, -0.05) is 53.8 Å². The third kappa shape index (κ3) is 4.93. The van der Waals surface area contributed by atoms with Gasteiger partial charge in [0.05, 0.1) is 34.4 Å². The van der Waals surface area contributed by atoms with Crippen molar-refractivity contribution in [3.05, 3.63) is 125 Å². The van der Waals surface area contributed by atoms with E-state index in [1.807, 2.05) is 36.4 Å². The van der Waals surface area contributed by atoms with Gasteiger partial charge in [0.15, 0.2) is 4.80 Å². The zero-order valence-electron chi connectivity index (χ0n) is 23.4. The molecular formula is C32H25N3O7S. The van der Waals surface area contributed by atoms with Gasteiger partial charge in [0, 0.05) is 23.3 Å². The molecule has 0 amide bonds. The van der Waals surface area contributed by atoms with E-state index in [0.717, 1.165) is 16.3 Å². The molecule has 3 aromatic carbocycles. The molecule has 11 heteroatoms. The van der Waals surface area contributed by atoms with Crippen LogP contribution < -0.4 is 19.6 Å². The van der Waals surface area contributed by atoms with Crippen LogP contribution in [0.15, 0.2) is 98.3 Å². The lowest BCUT2D eigenvalue weighted by Crippen LogP contribution is -2.39. The topological polar surface area (TPSA) is 126 Å². The number of benzene rings is 3. The number of allylic oxidation sites excluding steroid dienone is 1. The first kappa shape index (κ1) is 27.9. The zero-order valence-corrected chi connectivity index (χ0v) is 24.2. The van der Waals surface area contributed by atoms with Crippen molar-refractivity contribution in [1.82, 2.24) is 4.57 Å². The Labute approximate surface area is 248 Å². The standard InChI is InChI=1S/C32H25N3O7S/c1-4-41-31(37)28-18(2)33-32-34(29(28)26-15-14-24(42-26)20-9-7-10-21(16-20)35(38)39)30(36)27(43-32)17-23-22-11-6-5-8-19(22)12-13-25(23)40-3/h5-17,29H,4H2,1-3H3/b27-17-/t29-/m1/s1. The van der Waals surface area contributed by atoms with Crippen molar-refractivity contribution in [3.8, 4) is 17.1 Å². The highest BCUT2D eigenvalue weighted by atomic mass is 32.1. The lowest BCUT2D eigenvalue weighted by atomic mass is 10.0. The molecule has 6 rings (SSSR count). The molecule has 5 aromatic rings. The summed E-state index contributed by atoms with van der Waals surface area (Å²) in [6, 6.07) is 20.0. The second kappa shape index (κ2) is 11.2. The van der Waals surface area contributed by atoms with Gasteiger partial charge >= 0.3 is 5.97 Å². The highest BCUT2D eigenvalue weighted by Crippen LogP contribution is 2.35. The molecule has 0 N–H and O–H groups in total. The fourth-order valence-corrected chi connectivity index (χ4v) is 6.25. The summed E-state index contributed by atoms with van der Waals surface area (Å²) < 4.78 is 19.0. The van der Waals surface area contributed by atoms with Crippen LogP contribution in [0, 0.1) is 10.1 Å². The number of aromatic nitrogens is 1. The zero-order chi connectivity index (χ0) is 30.2. The molecule has 0 saturated heterocycles. The lowest BCUT2D eigenvalue weighted by molar-refractivity contribution is -0.384. The fraction of sp³-hybridized carbons (Fsp3) is 0.156. The van der Waals surface area contributed by atoms with Gasteiger partial charge in [-0.15, -0.1) is 0 Å². The van der Waals surface area contributed by atoms with Crippen LogP contribution in [0.4, 0.5) is 5.69 Å². The van der Waals surface area contributed by atoms with Crippen molar-refractivity contribution in [2.75, 3.05) is 13.7 Å². The first-order valence-electron chi connectivity index (χ1n) is 13.4. The Kier molecular flexibility index (Phi) is 7.24. The number of thiazole rings is 1. The lowest BCUT2D eigenvalue weighted by Gasteiger charge is -2.22. The van der Waals surface area contributed by atoms with E-state index in [0.29, 0.717) is 32.1 Å². The Morgan fingerprint density at radius 1 is 1.14 bits per heavy atom. The molecule has 0 unspecified atom stereocenters. The minimum atomic E-state index is -0.973. The van der Waals surface area contributed by atoms with E-state index in [2.05, 4.69) is 4.99 Å². The summed E-state index contributed by atoms with van der Waals surface area (Å²) >= 11 is 1.19. The number of nitro benzene ring substituents is 1. The monoisotopic (exact) mass is 595 g/mol. The summed E-state index contributed by atoms with van der Waals surface area (Å²) in [4.78, 5) is 43.2. The summed E-state index contributed by atoms with van der Waals surface area (Å²) in [7, 11) is 1.58. The molecule has 0 aliphatic carbocycles. The average molecular weight is 596 g/mol. The van der Waals surface area contributed by atoms with Gasteiger partial charge in [0.25, 0.3) is 11.2 Å². The molecule has 1 atom stereocenters. The van der Waals surface area contributed by atoms with Crippen LogP contribution in [0.1, 0.15) is 31.2 Å². The van der Waals surface area contributed by atoms with Crippen LogP contribution in [0.25, 0.3) is 28.2 Å². The number of non-ortho nitro benzene ring substituents is 1. The third-order valence-corrected chi connectivity index (χ3v) is 8.16. The predicted molar refractivity (Wildman–Crippen MR) is 162 cm³/mol. The van der Waals surface area contributed by atoms with Gasteiger partial charge in [-0.25, -0.2) is 9.79 Å². The van der Waals surface area contributed by atoms with Crippen molar-refractivity contribution in [3.63, 3.8) is 0 Å². The second-order valence-corrected chi connectivity index (χ2v) is 10.7. The Balaban J connectivity index is 1.55. The summed E-state index contributed by atoms with van der Waals surface area (Å²) in [5.41, 5.74) is 1.33. The predicted octanol–water partition coefficient (Wildman–Crippen LogP) is 5.13. The van der Waals surface area contributed by atoms with E-state index in [1.165, 1.54) is 28.0 Å². The second-order valence-electron chi connectivity index (χ2n) is 9.71. The van der Waals surface area contributed by atoms with Gasteiger partial charge in [-0.3, -0.25) is 19.5 Å². The number of esters is 1. The number of nitro groups is 1. The van der Waals surface area contributed by atoms with Crippen molar-refractivity contribution >= 4 is 39.8 Å². The van der Waals surface area contributed by atoms with Crippen molar-refractivity contribution < 1.29 is 23.6 Å².